The number of rotatable bonds is 3. The topological polar surface area (TPSA) is 61.2 Å². The molecule has 0 aliphatic heterocycles. The predicted molar refractivity (Wildman–Crippen MR) is 104 cm³/mol. The fraction of sp³-hybridized carbons (Fsp3) is 0.409. The lowest BCUT2D eigenvalue weighted by Gasteiger charge is -2.29. The molecule has 0 spiro atoms. The van der Waals surface area contributed by atoms with Gasteiger partial charge in [0.2, 0.25) is 0 Å². The van der Waals surface area contributed by atoms with E-state index < -0.39 is 22.8 Å². The van der Waals surface area contributed by atoms with E-state index in [1.54, 1.807) is 65.0 Å². The summed E-state index contributed by atoms with van der Waals surface area (Å²) < 4.78 is 21.5. The average molecular weight is 384 g/mol. The van der Waals surface area contributed by atoms with Gasteiger partial charge in [-0.15, -0.1) is 0 Å². The van der Waals surface area contributed by atoms with Crippen molar-refractivity contribution in [1.82, 2.24) is 9.78 Å². The van der Waals surface area contributed by atoms with E-state index in [4.69, 9.17) is 4.74 Å². The Labute approximate surface area is 164 Å². The molecule has 2 aromatic rings. The fourth-order valence-electron chi connectivity index (χ4n) is 3.64. The third kappa shape index (κ3) is 3.63. The molecule has 0 radical (unpaired) electrons. The Kier molecular flexibility index (Phi) is 5.00. The number of hydrogen-bond acceptors (Lipinski definition) is 4. The molecule has 5 nitrogen and oxygen atoms in total. The van der Waals surface area contributed by atoms with Gasteiger partial charge in [-0.05, 0) is 59.6 Å². The second kappa shape index (κ2) is 7.00. The van der Waals surface area contributed by atoms with Gasteiger partial charge >= 0.3 is 5.97 Å². The number of nitrogens with zero attached hydrogens (tertiary/aromatic N) is 2. The quantitative estimate of drug-likeness (QED) is 0.741. The molecule has 0 saturated carbocycles. The third-order valence-corrected chi connectivity index (χ3v) is 4.85. The number of halogens is 1. The number of allylic oxidation sites excluding steroid dienone is 1. The van der Waals surface area contributed by atoms with Gasteiger partial charge in [0.15, 0.2) is 0 Å². The van der Waals surface area contributed by atoms with Crippen LogP contribution in [0.1, 0.15) is 55.4 Å². The minimum atomic E-state index is -1.24. The summed E-state index contributed by atoms with van der Waals surface area (Å²) in [5.41, 5.74) is 0.133. The van der Waals surface area contributed by atoms with Crippen molar-refractivity contribution >= 4 is 11.9 Å². The van der Waals surface area contributed by atoms with Gasteiger partial charge in [-0.3, -0.25) is 4.79 Å². The summed E-state index contributed by atoms with van der Waals surface area (Å²) in [4.78, 5) is 26.1. The van der Waals surface area contributed by atoms with Crippen LogP contribution in [0, 0.1) is 19.7 Å². The molecule has 1 aliphatic rings. The van der Waals surface area contributed by atoms with E-state index in [1.807, 2.05) is 0 Å². The summed E-state index contributed by atoms with van der Waals surface area (Å²) in [5.74, 6) is -1.30. The van der Waals surface area contributed by atoms with E-state index >= 15 is 0 Å². The zero-order valence-corrected chi connectivity index (χ0v) is 16.9. The third-order valence-electron chi connectivity index (χ3n) is 4.85. The highest BCUT2D eigenvalue weighted by molar-refractivity contribution is 5.97. The molecule has 0 saturated heterocycles. The lowest BCUT2D eigenvalue weighted by atomic mass is 9.76. The summed E-state index contributed by atoms with van der Waals surface area (Å²) >= 11 is 0. The Morgan fingerprint density at radius 2 is 1.89 bits per heavy atom. The van der Waals surface area contributed by atoms with Crippen LogP contribution in [-0.4, -0.2) is 27.3 Å². The van der Waals surface area contributed by atoms with Crippen molar-refractivity contribution in [2.24, 2.45) is 0 Å². The van der Waals surface area contributed by atoms with Crippen molar-refractivity contribution in [3.05, 3.63) is 64.7 Å². The fourth-order valence-corrected chi connectivity index (χ4v) is 3.64. The SMILES string of the molecule is Cc1cc(C)n(C(=O)[C@@]2(c3ccccc3F)CC=C(C(=O)OC(C)(C)C)C2)n1. The highest BCUT2D eigenvalue weighted by Crippen LogP contribution is 2.43. The second-order valence-electron chi connectivity index (χ2n) is 8.32. The smallest absolute Gasteiger partial charge is 0.334 e. The van der Waals surface area contributed by atoms with E-state index in [-0.39, 0.29) is 24.3 Å². The first kappa shape index (κ1) is 20.0. The highest BCUT2D eigenvalue weighted by Gasteiger charge is 2.48. The Hall–Kier alpha value is -2.76. The first-order valence-corrected chi connectivity index (χ1v) is 9.29. The van der Waals surface area contributed by atoms with E-state index in [2.05, 4.69) is 5.10 Å². The molecule has 1 aromatic heterocycles. The molecule has 6 heteroatoms. The van der Waals surface area contributed by atoms with Crippen molar-refractivity contribution in [2.75, 3.05) is 0 Å². The zero-order chi connectivity index (χ0) is 20.7. The molecule has 1 heterocycles. The van der Waals surface area contributed by atoms with Crippen molar-refractivity contribution in [3.8, 4) is 0 Å². The summed E-state index contributed by atoms with van der Waals surface area (Å²) in [6.45, 7) is 8.93. The Bertz CT molecular complexity index is 968. The maximum absolute atomic E-state index is 14.7. The largest absolute Gasteiger partial charge is 0.457 e. The molecule has 0 unspecified atom stereocenters. The number of carbonyl (C=O) groups excluding carboxylic acids is 2. The molecule has 148 valence electrons. The number of ether oxygens (including phenoxy) is 1. The van der Waals surface area contributed by atoms with Crippen molar-refractivity contribution in [1.29, 1.82) is 0 Å². The van der Waals surface area contributed by atoms with Crippen molar-refractivity contribution in [2.45, 2.75) is 58.5 Å². The minimum Gasteiger partial charge on any atom is -0.457 e. The first-order valence-electron chi connectivity index (χ1n) is 9.29. The molecule has 0 bridgehead atoms. The van der Waals surface area contributed by atoms with Crippen LogP contribution in [0.4, 0.5) is 4.39 Å². The molecule has 0 amide bonds. The van der Waals surface area contributed by atoms with Gasteiger partial charge in [0.05, 0.1) is 11.1 Å². The normalized spacial score (nSPS) is 19.4. The molecule has 0 fully saturated rings. The summed E-state index contributed by atoms with van der Waals surface area (Å²) in [7, 11) is 0. The monoisotopic (exact) mass is 384 g/mol. The predicted octanol–water partition coefficient (Wildman–Crippen LogP) is 4.28. The molecule has 28 heavy (non-hydrogen) atoms. The lowest BCUT2D eigenvalue weighted by Crippen LogP contribution is -2.40. The summed E-state index contributed by atoms with van der Waals surface area (Å²) in [6.07, 6.45) is 1.96. The number of carbonyl (C=O) groups is 2. The van der Waals surface area contributed by atoms with Gasteiger partial charge in [-0.2, -0.15) is 5.10 Å². The molecular formula is C22H25FN2O3. The van der Waals surface area contributed by atoms with Gasteiger partial charge < -0.3 is 4.74 Å². The molecule has 1 aliphatic carbocycles. The van der Waals surface area contributed by atoms with Crippen LogP contribution in [-0.2, 0) is 14.9 Å². The summed E-state index contributed by atoms with van der Waals surface area (Å²) in [5, 5.41) is 4.29. The number of esters is 1. The van der Waals surface area contributed by atoms with Gasteiger partial charge in [0.25, 0.3) is 5.91 Å². The Morgan fingerprint density at radius 3 is 2.46 bits per heavy atom. The number of aromatic nitrogens is 2. The Morgan fingerprint density at radius 1 is 1.21 bits per heavy atom. The number of aryl methyl sites for hydroxylation is 2. The van der Waals surface area contributed by atoms with Crippen LogP contribution in [0.15, 0.2) is 42.0 Å². The van der Waals surface area contributed by atoms with Gasteiger partial charge in [-0.25, -0.2) is 13.9 Å². The van der Waals surface area contributed by atoms with Gasteiger partial charge in [0, 0.05) is 16.8 Å². The first-order chi connectivity index (χ1) is 13.0. The van der Waals surface area contributed by atoms with Crippen LogP contribution in [0.5, 0.6) is 0 Å². The number of benzene rings is 1. The maximum atomic E-state index is 14.7. The van der Waals surface area contributed by atoms with Gasteiger partial charge in [0.1, 0.15) is 11.4 Å². The molecule has 0 N–H and O–H groups in total. The molecule has 3 rings (SSSR count). The average Bonchev–Trinajstić information content (AvgIpc) is 3.17. The highest BCUT2D eigenvalue weighted by atomic mass is 19.1. The van der Waals surface area contributed by atoms with Crippen LogP contribution in [0.2, 0.25) is 0 Å². The van der Waals surface area contributed by atoms with Crippen molar-refractivity contribution in [3.63, 3.8) is 0 Å². The van der Waals surface area contributed by atoms with Crippen LogP contribution < -0.4 is 0 Å². The standard InChI is InChI=1S/C22H25FN2O3/c1-14-12-15(2)25(24-14)20(27)22(17-8-6-7-9-18(17)23)11-10-16(13-22)19(26)28-21(3,4)5/h6-10,12H,11,13H2,1-5H3/t22-/m0/s1. The van der Waals surface area contributed by atoms with E-state index in [0.29, 0.717) is 17.0 Å². The number of hydrogen-bond donors (Lipinski definition) is 0. The molecule has 1 aromatic carbocycles. The summed E-state index contributed by atoms with van der Waals surface area (Å²) in [6, 6.07) is 8.00. The van der Waals surface area contributed by atoms with E-state index in [0.717, 1.165) is 0 Å². The van der Waals surface area contributed by atoms with E-state index in [9.17, 15) is 14.0 Å². The van der Waals surface area contributed by atoms with Crippen LogP contribution in [0.3, 0.4) is 0 Å². The van der Waals surface area contributed by atoms with Crippen LogP contribution in [0.25, 0.3) is 0 Å². The molecular weight excluding hydrogens is 359 g/mol. The lowest BCUT2D eigenvalue weighted by molar-refractivity contribution is -0.150. The Balaban J connectivity index is 2.04. The van der Waals surface area contributed by atoms with Crippen LogP contribution >= 0.6 is 0 Å². The minimum absolute atomic E-state index is 0.0695. The zero-order valence-electron chi connectivity index (χ0n) is 16.9. The second-order valence-corrected chi connectivity index (χ2v) is 8.32. The maximum Gasteiger partial charge on any atom is 0.334 e. The molecule has 1 atom stereocenters. The van der Waals surface area contributed by atoms with Crippen molar-refractivity contribution < 1.29 is 18.7 Å². The van der Waals surface area contributed by atoms with E-state index in [1.165, 1.54) is 10.7 Å². The van der Waals surface area contributed by atoms with Gasteiger partial charge in [-0.1, -0.05) is 24.3 Å².